The Kier molecular flexibility index (Phi) is 3.04. The molecule has 2 N–H and O–H groups in total. The number of aromatic nitrogens is 1. The molecule has 2 amide bonds. The highest BCUT2D eigenvalue weighted by Crippen LogP contribution is 2.25. The summed E-state index contributed by atoms with van der Waals surface area (Å²) in [5, 5.41) is 5.91. The molecule has 3 rings (SSSR count). The smallest absolute Gasteiger partial charge is 0.263 e. The van der Waals surface area contributed by atoms with Gasteiger partial charge in [0.1, 0.15) is 11.1 Å². The summed E-state index contributed by atoms with van der Waals surface area (Å²) in [6.07, 6.45) is 4.39. The van der Waals surface area contributed by atoms with Crippen molar-refractivity contribution in [3.05, 3.63) is 34.7 Å². The second-order valence-electron chi connectivity index (χ2n) is 4.12. The maximum Gasteiger partial charge on any atom is 0.263 e. The van der Waals surface area contributed by atoms with Gasteiger partial charge in [0.15, 0.2) is 5.13 Å². The number of carbonyl (C=O) groups excluding carboxylic acids is 2. The molecule has 1 aliphatic heterocycles. The van der Waals surface area contributed by atoms with Gasteiger partial charge in [0.25, 0.3) is 11.8 Å². The van der Waals surface area contributed by atoms with Crippen molar-refractivity contribution >= 4 is 28.3 Å². The van der Waals surface area contributed by atoms with Crippen molar-refractivity contribution in [1.82, 2.24) is 10.3 Å². The fraction of sp³-hybridized carbons (Fsp3) is 0.250. The van der Waals surface area contributed by atoms with E-state index in [-0.39, 0.29) is 11.8 Å². The maximum atomic E-state index is 11.8. The van der Waals surface area contributed by atoms with E-state index in [0.717, 1.165) is 18.5 Å². The van der Waals surface area contributed by atoms with Crippen LogP contribution in [0.3, 0.4) is 0 Å². The van der Waals surface area contributed by atoms with Gasteiger partial charge in [-0.2, -0.15) is 0 Å². The molecule has 2 aromatic rings. The molecule has 19 heavy (non-hydrogen) atoms. The Morgan fingerprint density at radius 3 is 3.21 bits per heavy atom. The Morgan fingerprint density at radius 2 is 2.42 bits per heavy atom. The minimum absolute atomic E-state index is 0.117. The fourth-order valence-corrected chi connectivity index (χ4v) is 2.78. The van der Waals surface area contributed by atoms with E-state index in [4.69, 9.17) is 4.42 Å². The monoisotopic (exact) mass is 277 g/mol. The summed E-state index contributed by atoms with van der Waals surface area (Å²) >= 11 is 1.20. The summed E-state index contributed by atoms with van der Waals surface area (Å²) in [6.45, 7) is 0.665. The number of nitrogens with one attached hydrogen (secondary N) is 2. The van der Waals surface area contributed by atoms with Crippen LogP contribution in [0.5, 0.6) is 0 Å². The minimum atomic E-state index is -0.293. The van der Waals surface area contributed by atoms with E-state index >= 15 is 0 Å². The molecule has 0 aliphatic carbocycles. The lowest BCUT2D eigenvalue weighted by Gasteiger charge is -1.98. The molecule has 2 aromatic heterocycles. The van der Waals surface area contributed by atoms with Crippen molar-refractivity contribution in [2.24, 2.45) is 0 Å². The molecule has 0 saturated heterocycles. The molecule has 98 valence electrons. The summed E-state index contributed by atoms with van der Waals surface area (Å²) < 4.78 is 4.85. The van der Waals surface area contributed by atoms with Gasteiger partial charge in [0.05, 0.1) is 17.5 Å². The van der Waals surface area contributed by atoms with Gasteiger partial charge in [-0.05, 0) is 18.9 Å². The molecule has 1 aliphatic rings. The summed E-state index contributed by atoms with van der Waals surface area (Å²) in [5.74, 6) is -0.410. The summed E-state index contributed by atoms with van der Waals surface area (Å²) in [4.78, 5) is 28.5. The quantitative estimate of drug-likeness (QED) is 0.874. The molecule has 0 spiro atoms. The van der Waals surface area contributed by atoms with Crippen LogP contribution < -0.4 is 10.6 Å². The van der Waals surface area contributed by atoms with E-state index in [2.05, 4.69) is 15.6 Å². The molecule has 0 fully saturated rings. The van der Waals surface area contributed by atoms with Gasteiger partial charge >= 0.3 is 0 Å². The van der Waals surface area contributed by atoms with E-state index in [1.807, 2.05) is 0 Å². The number of anilines is 1. The van der Waals surface area contributed by atoms with Crippen molar-refractivity contribution in [1.29, 1.82) is 0 Å². The topological polar surface area (TPSA) is 84.2 Å². The first-order valence-corrected chi connectivity index (χ1v) is 6.67. The zero-order chi connectivity index (χ0) is 13.2. The highest BCUT2D eigenvalue weighted by molar-refractivity contribution is 7.17. The van der Waals surface area contributed by atoms with Crippen LogP contribution in [0.25, 0.3) is 0 Å². The van der Waals surface area contributed by atoms with Gasteiger partial charge in [-0.1, -0.05) is 11.3 Å². The molecule has 0 saturated carbocycles. The first-order chi connectivity index (χ1) is 9.24. The Morgan fingerprint density at radius 1 is 1.53 bits per heavy atom. The number of carbonyl (C=O) groups is 2. The summed E-state index contributed by atoms with van der Waals surface area (Å²) in [5.41, 5.74) is 1.18. The molecular weight excluding hydrogens is 266 g/mol. The Hall–Kier alpha value is -2.15. The molecule has 0 aromatic carbocycles. The van der Waals surface area contributed by atoms with E-state index in [1.54, 1.807) is 6.07 Å². The van der Waals surface area contributed by atoms with Crippen molar-refractivity contribution < 1.29 is 14.0 Å². The number of amides is 2. The predicted molar refractivity (Wildman–Crippen MR) is 69.4 cm³/mol. The number of rotatable bonds is 2. The molecule has 3 heterocycles. The van der Waals surface area contributed by atoms with Crippen LogP contribution in [-0.2, 0) is 6.42 Å². The van der Waals surface area contributed by atoms with Crippen molar-refractivity contribution in [3.63, 3.8) is 0 Å². The lowest BCUT2D eigenvalue weighted by molar-refractivity contribution is 0.0958. The van der Waals surface area contributed by atoms with Crippen LogP contribution in [0.4, 0.5) is 5.13 Å². The van der Waals surface area contributed by atoms with E-state index in [1.165, 1.54) is 23.9 Å². The standard InChI is InChI=1S/C12H11N3O3S/c16-10(7-3-5-18-6-7)15-12-14-8-2-1-4-13-11(17)9(8)19-12/h3,5-6H,1-2,4H2,(H,13,17)(H,14,15,16). The van der Waals surface area contributed by atoms with E-state index in [9.17, 15) is 9.59 Å². The lowest BCUT2D eigenvalue weighted by atomic mass is 10.2. The number of aryl methyl sites for hydroxylation is 1. The van der Waals surface area contributed by atoms with Gasteiger partial charge in [-0.25, -0.2) is 4.98 Å². The van der Waals surface area contributed by atoms with Crippen molar-refractivity contribution in [2.75, 3.05) is 11.9 Å². The van der Waals surface area contributed by atoms with Crippen LogP contribution in [-0.4, -0.2) is 23.3 Å². The number of nitrogens with zero attached hydrogens (tertiary/aromatic N) is 1. The number of thiazole rings is 1. The molecule has 0 radical (unpaired) electrons. The Balaban J connectivity index is 1.81. The number of hydrogen-bond donors (Lipinski definition) is 2. The van der Waals surface area contributed by atoms with Crippen LogP contribution in [0.1, 0.15) is 32.1 Å². The second-order valence-corrected chi connectivity index (χ2v) is 5.12. The number of furan rings is 1. The summed E-state index contributed by atoms with van der Waals surface area (Å²) in [6, 6.07) is 1.57. The number of hydrogen-bond acceptors (Lipinski definition) is 5. The van der Waals surface area contributed by atoms with Gasteiger partial charge < -0.3 is 9.73 Å². The third-order valence-electron chi connectivity index (χ3n) is 2.78. The lowest BCUT2D eigenvalue weighted by Crippen LogP contribution is -2.21. The highest BCUT2D eigenvalue weighted by atomic mass is 32.1. The maximum absolute atomic E-state index is 11.8. The first kappa shape index (κ1) is 11.9. The van der Waals surface area contributed by atoms with Crippen molar-refractivity contribution in [2.45, 2.75) is 12.8 Å². The van der Waals surface area contributed by atoms with E-state index in [0.29, 0.717) is 22.1 Å². The third kappa shape index (κ3) is 2.37. The zero-order valence-electron chi connectivity index (χ0n) is 9.93. The van der Waals surface area contributed by atoms with Crippen LogP contribution >= 0.6 is 11.3 Å². The van der Waals surface area contributed by atoms with E-state index < -0.39 is 0 Å². The zero-order valence-corrected chi connectivity index (χ0v) is 10.8. The van der Waals surface area contributed by atoms with Gasteiger partial charge in [0.2, 0.25) is 0 Å². The largest absolute Gasteiger partial charge is 0.472 e. The predicted octanol–water partition coefficient (Wildman–Crippen LogP) is 1.66. The van der Waals surface area contributed by atoms with Gasteiger partial charge in [-0.3, -0.25) is 14.9 Å². The molecule has 0 bridgehead atoms. The van der Waals surface area contributed by atoms with Crippen LogP contribution in [0.15, 0.2) is 23.0 Å². The highest BCUT2D eigenvalue weighted by Gasteiger charge is 2.21. The normalized spacial score (nSPS) is 14.4. The molecule has 7 heteroatoms. The average Bonchev–Trinajstić information content (AvgIpc) is 3.01. The van der Waals surface area contributed by atoms with Crippen LogP contribution in [0.2, 0.25) is 0 Å². The van der Waals surface area contributed by atoms with Gasteiger partial charge in [0, 0.05) is 6.54 Å². The molecule has 0 atom stereocenters. The molecule has 6 nitrogen and oxygen atoms in total. The summed E-state index contributed by atoms with van der Waals surface area (Å²) in [7, 11) is 0. The second kappa shape index (κ2) is 4.85. The SMILES string of the molecule is O=C(Nc1nc2c(s1)C(=O)NCCC2)c1ccoc1. The average molecular weight is 277 g/mol. The third-order valence-corrected chi connectivity index (χ3v) is 3.80. The van der Waals surface area contributed by atoms with Crippen LogP contribution in [0, 0.1) is 0 Å². The number of fused-ring (bicyclic) bond motifs is 1. The fourth-order valence-electron chi connectivity index (χ4n) is 1.85. The Labute approximate surface area is 112 Å². The Bertz CT molecular complexity index is 618. The molecular formula is C12H11N3O3S. The molecule has 0 unspecified atom stereocenters. The van der Waals surface area contributed by atoms with Gasteiger partial charge in [-0.15, -0.1) is 0 Å². The first-order valence-electron chi connectivity index (χ1n) is 5.85. The minimum Gasteiger partial charge on any atom is -0.472 e. The van der Waals surface area contributed by atoms with Crippen molar-refractivity contribution in [3.8, 4) is 0 Å².